The molecule has 0 saturated carbocycles. The second-order valence-electron chi connectivity index (χ2n) is 4.95. The third-order valence-electron chi connectivity index (χ3n) is 3.68. The molecule has 3 aromatic rings. The Morgan fingerprint density at radius 2 is 1.86 bits per heavy atom. The van der Waals surface area contributed by atoms with E-state index in [4.69, 9.17) is 4.74 Å². The molecule has 0 spiro atoms. The summed E-state index contributed by atoms with van der Waals surface area (Å²) in [5.41, 5.74) is 3.41. The van der Waals surface area contributed by atoms with Crippen molar-refractivity contribution in [3.63, 3.8) is 0 Å². The van der Waals surface area contributed by atoms with Crippen molar-refractivity contribution in [3.05, 3.63) is 71.9 Å². The van der Waals surface area contributed by atoms with Crippen molar-refractivity contribution < 1.29 is 4.74 Å². The van der Waals surface area contributed by atoms with Gasteiger partial charge in [0.05, 0.1) is 18.7 Å². The Bertz CT molecular complexity index is 755. The van der Waals surface area contributed by atoms with Gasteiger partial charge in [-0.2, -0.15) is 0 Å². The zero-order valence-electron chi connectivity index (χ0n) is 12.2. The summed E-state index contributed by atoms with van der Waals surface area (Å²) in [4.78, 5) is 4.37. The number of fused-ring (bicyclic) bond motifs is 1. The molecule has 0 aliphatic heterocycles. The van der Waals surface area contributed by atoms with Gasteiger partial charge in [0, 0.05) is 11.6 Å². The van der Waals surface area contributed by atoms with Gasteiger partial charge in [0.1, 0.15) is 5.75 Å². The van der Waals surface area contributed by atoms with Gasteiger partial charge in [-0.15, -0.1) is 0 Å². The highest BCUT2D eigenvalue weighted by Gasteiger charge is 2.13. The summed E-state index contributed by atoms with van der Waals surface area (Å²) in [5.74, 6) is 0.871. The largest absolute Gasteiger partial charge is 0.497 e. The molecule has 0 fully saturated rings. The highest BCUT2D eigenvalue weighted by Crippen LogP contribution is 2.26. The molecule has 106 valence electrons. The molecule has 0 saturated heterocycles. The Kier molecular flexibility index (Phi) is 3.84. The van der Waals surface area contributed by atoms with Crippen LogP contribution in [-0.4, -0.2) is 19.1 Å². The van der Waals surface area contributed by atoms with E-state index in [1.54, 1.807) is 7.11 Å². The molecule has 1 N–H and O–H groups in total. The average Bonchev–Trinajstić information content (AvgIpc) is 2.56. The average molecular weight is 278 g/mol. The van der Waals surface area contributed by atoms with Crippen LogP contribution >= 0.6 is 0 Å². The molecule has 0 bridgehead atoms. The van der Waals surface area contributed by atoms with Crippen molar-refractivity contribution in [2.24, 2.45) is 0 Å². The van der Waals surface area contributed by atoms with Crippen molar-refractivity contribution in [3.8, 4) is 5.75 Å². The maximum atomic E-state index is 5.32. The second kappa shape index (κ2) is 5.94. The van der Waals surface area contributed by atoms with Gasteiger partial charge in [0.15, 0.2) is 0 Å². The predicted molar refractivity (Wildman–Crippen MR) is 85.6 cm³/mol. The molecular formula is C18H18N2O. The van der Waals surface area contributed by atoms with Crippen molar-refractivity contribution in [1.82, 2.24) is 10.3 Å². The van der Waals surface area contributed by atoms with Gasteiger partial charge in [-0.25, -0.2) is 0 Å². The molecule has 1 atom stereocenters. The van der Waals surface area contributed by atoms with Crippen LogP contribution in [0.2, 0.25) is 0 Å². The van der Waals surface area contributed by atoms with Crippen LogP contribution in [0.3, 0.4) is 0 Å². The lowest BCUT2D eigenvalue weighted by molar-refractivity contribution is 0.414. The molecule has 0 amide bonds. The van der Waals surface area contributed by atoms with Crippen LogP contribution in [0.4, 0.5) is 0 Å². The Morgan fingerprint density at radius 3 is 2.67 bits per heavy atom. The molecule has 1 aromatic heterocycles. The van der Waals surface area contributed by atoms with Gasteiger partial charge < -0.3 is 10.1 Å². The summed E-state index contributed by atoms with van der Waals surface area (Å²) >= 11 is 0. The summed E-state index contributed by atoms with van der Waals surface area (Å²) in [7, 11) is 3.66. The van der Waals surface area contributed by atoms with Gasteiger partial charge in [-0.1, -0.05) is 24.3 Å². The number of ether oxygens (including phenoxy) is 1. The number of rotatable bonds is 4. The van der Waals surface area contributed by atoms with E-state index in [2.05, 4.69) is 46.7 Å². The first-order chi connectivity index (χ1) is 10.3. The summed E-state index contributed by atoms with van der Waals surface area (Å²) < 4.78 is 5.32. The number of nitrogens with zero attached hydrogens (tertiary/aromatic N) is 1. The number of pyridine rings is 1. The minimum Gasteiger partial charge on any atom is -0.497 e. The lowest BCUT2D eigenvalue weighted by Gasteiger charge is -2.18. The Balaban J connectivity index is 2.04. The Hall–Kier alpha value is -2.39. The quantitative estimate of drug-likeness (QED) is 0.792. The molecule has 21 heavy (non-hydrogen) atoms. The number of hydrogen-bond acceptors (Lipinski definition) is 3. The van der Waals surface area contributed by atoms with Crippen molar-refractivity contribution in [2.75, 3.05) is 14.2 Å². The minimum absolute atomic E-state index is 0.129. The van der Waals surface area contributed by atoms with E-state index >= 15 is 0 Å². The maximum absolute atomic E-state index is 5.32. The van der Waals surface area contributed by atoms with Crippen molar-refractivity contribution in [1.29, 1.82) is 0 Å². The van der Waals surface area contributed by atoms with Gasteiger partial charge in [-0.05, 0) is 48.5 Å². The highest BCUT2D eigenvalue weighted by molar-refractivity contribution is 5.79. The van der Waals surface area contributed by atoms with Crippen LogP contribution in [-0.2, 0) is 0 Å². The van der Waals surface area contributed by atoms with E-state index in [9.17, 15) is 0 Å². The smallest absolute Gasteiger partial charge is 0.119 e. The van der Waals surface area contributed by atoms with Gasteiger partial charge in [0.2, 0.25) is 0 Å². The van der Waals surface area contributed by atoms with E-state index in [-0.39, 0.29) is 6.04 Å². The fraction of sp³-hybridized carbons (Fsp3) is 0.167. The lowest BCUT2D eigenvalue weighted by atomic mass is 9.97. The zero-order chi connectivity index (χ0) is 14.7. The normalized spacial score (nSPS) is 12.3. The molecule has 1 unspecified atom stereocenters. The monoisotopic (exact) mass is 278 g/mol. The van der Waals surface area contributed by atoms with Gasteiger partial charge >= 0.3 is 0 Å². The third kappa shape index (κ3) is 2.73. The van der Waals surface area contributed by atoms with E-state index in [0.717, 1.165) is 16.7 Å². The minimum atomic E-state index is 0.129. The molecule has 3 rings (SSSR count). The molecule has 0 aliphatic rings. The molecule has 3 nitrogen and oxygen atoms in total. The Labute approximate surface area is 124 Å². The topological polar surface area (TPSA) is 34.1 Å². The molecule has 1 heterocycles. The van der Waals surface area contributed by atoms with E-state index in [0.29, 0.717) is 0 Å². The summed E-state index contributed by atoms with van der Waals surface area (Å²) in [5, 5.41) is 4.53. The second-order valence-corrected chi connectivity index (χ2v) is 4.95. The summed E-state index contributed by atoms with van der Waals surface area (Å²) in [6, 6.07) is 18.7. The summed E-state index contributed by atoms with van der Waals surface area (Å²) in [6.45, 7) is 0. The number of hydrogen-bond donors (Lipinski definition) is 1. The van der Waals surface area contributed by atoms with E-state index in [1.165, 1.54) is 11.1 Å². The molecule has 0 aliphatic carbocycles. The first-order valence-corrected chi connectivity index (χ1v) is 6.97. The predicted octanol–water partition coefficient (Wildman–Crippen LogP) is 3.55. The van der Waals surface area contributed by atoms with Crippen LogP contribution in [0.25, 0.3) is 10.9 Å². The number of methoxy groups -OCH3 is 1. The first-order valence-electron chi connectivity index (χ1n) is 6.97. The van der Waals surface area contributed by atoms with Crippen LogP contribution in [0.5, 0.6) is 5.75 Å². The number of nitrogens with one attached hydrogen (secondary N) is 1. The fourth-order valence-corrected chi connectivity index (χ4v) is 2.62. The maximum Gasteiger partial charge on any atom is 0.119 e. The molecule has 0 radical (unpaired) electrons. The summed E-state index contributed by atoms with van der Waals surface area (Å²) in [6.07, 6.45) is 1.82. The highest BCUT2D eigenvalue weighted by atomic mass is 16.5. The van der Waals surface area contributed by atoms with Crippen LogP contribution < -0.4 is 10.1 Å². The van der Waals surface area contributed by atoms with Crippen molar-refractivity contribution >= 4 is 10.9 Å². The van der Waals surface area contributed by atoms with Crippen LogP contribution in [0.1, 0.15) is 17.2 Å². The molecule has 3 heteroatoms. The number of benzene rings is 2. The van der Waals surface area contributed by atoms with Gasteiger partial charge in [-0.3, -0.25) is 4.98 Å². The molecule has 2 aromatic carbocycles. The standard InChI is InChI=1S/C18H18N2O/c1-19-18(14-5-3-7-16(12-14)21-2)15-8-9-17-13(11-15)6-4-10-20-17/h3-12,18-19H,1-2H3. The van der Waals surface area contributed by atoms with Crippen LogP contribution in [0.15, 0.2) is 60.8 Å². The van der Waals surface area contributed by atoms with Crippen molar-refractivity contribution in [2.45, 2.75) is 6.04 Å². The third-order valence-corrected chi connectivity index (χ3v) is 3.68. The fourth-order valence-electron chi connectivity index (χ4n) is 2.62. The first kappa shape index (κ1) is 13.6. The zero-order valence-corrected chi connectivity index (χ0v) is 12.2. The van der Waals surface area contributed by atoms with E-state index < -0.39 is 0 Å². The van der Waals surface area contributed by atoms with E-state index in [1.807, 2.05) is 31.4 Å². The number of aromatic nitrogens is 1. The Morgan fingerprint density at radius 1 is 1.00 bits per heavy atom. The molecular weight excluding hydrogens is 260 g/mol. The lowest BCUT2D eigenvalue weighted by Crippen LogP contribution is -2.17. The van der Waals surface area contributed by atoms with Crippen LogP contribution in [0, 0.1) is 0 Å². The SMILES string of the molecule is CNC(c1cccc(OC)c1)c1ccc2ncccc2c1. The van der Waals surface area contributed by atoms with Gasteiger partial charge in [0.25, 0.3) is 0 Å².